The second-order valence-corrected chi connectivity index (χ2v) is 3.32. The molecule has 0 aromatic rings. The van der Waals surface area contributed by atoms with Crippen LogP contribution in [0.15, 0.2) is 0 Å². The first kappa shape index (κ1) is 14.6. The van der Waals surface area contributed by atoms with Crippen LogP contribution in [0.5, 0.6) is 0 Å². The van der Waals surface area contributed by atoms with Crippen molar-refractivity contribution in [2.24, 2.45) is 0 Å². The average Bonchev–Trinajstić information content (AvgIpc) is 2.14. The lowest BCUT2D eigenvalue weighted by molar-refractivity contribution is -0.127. The number of hydrogen-bond acceptors (Lipinski definition) is 4. The molecule has 0 bridgehead atoms. The zero-order chi connectivity index (χ0) is 12.4. The van der Waals surface area contributed by atoms with Gasteiger partial charge in [-0.2, -0.15) is 0 Å². The number of hydrogen-bond donors (Lipinski definition) is 2. The third kappa shape index (κ3) is 10.6. The van der Waals surface area contributed by atoms with Crippen molar-refractivity contribution in [3.05, 3.63) is 0 Å². The van der Waals surface area contributed by atoms with Crippen molar-refractivity contribution in [2.75, 3.05) is 26.3 Å². The second kappa shape index (κ2) is 8.84. The van der Waals surface area contributed by atoms with Crippen LogP contribution >= 0.6 is 0 Å². The highest BCUT2D eigenvalue weighted by molar-refractivity contribution is 5.96. The summed E-state index contributed by atoms with van der Waals surface area (Å²) in [6, 6.07) is 0. The van der Waals surface area contributed by atoms with Gasteiger partial charge in [-0.1, -0.05) is 0 Å². The van der Waals surface area contributed by atoms with E-state index < -0.39 is 0 Å². The van der Waals surface area contributed by atoms with Crippen LogP contribution in [0.25, 0.3) is 0 Å². The minimum atomic E-state index is -0.294. The number of Topliss-reactive ketones (excluding diaryl/α,β-unsaturated/α-hetero) is 1. The molecule has 0 aliphatic heterocycles. The van der Waals surface area contributed by atoms with E-state index >= 15 is 0 Å². The Labute approximate surface area is 94.7 Å². The Bertz CT molecular complexity index is 253. The summed E-state index contributed by atoms with van der Waals surface area (Å²) in [4.78, 5) is 32.0. The van der Waals surface area contributed by atoms with E-state index in [4.69, 9.17) is 4.74 Å². The van der Waals surface area contributed by atoms with E-state index in [2.05, 4.69) is 10.6 Å². The van der Waals surface area contributed by atoms with E-state index in [0.717, 1.165) is 0 Å². The molecule has 0 atom stereocenters. The fraction of sp³-hybridized carbons (Fsp3) is 0.700. The Kier molecular flexibility index (Phi) is 8.05. The smallest absolute Gasteiger partial charge is 0.227 e. The summed E-state index contributed by atoms with van der Waals surface area (Å²) in [5.74, 6) is -0.555. The molecule has 0 aliphatic carbocycles. The molecule has 92 valence electrons. The van der Waals surface area contributed by atoms with Gasteiger partial charge >= 0.3 is 0 Å². The molecule has 0 saturated carbocycles. The van der Waals surface area contributed by atoms with Crippen molar-refractivity contribution in [1.29, 1.82) is 0 Å². The molecular weight excluding hydrogens is 212 g/mol. The molecule has 0 aromatic heterocycles. The van der Waals surface area contributed by atoms with Gasteiger partial charge in [-0.05, 0) is 6.92 Å². The van der Waals surface area contributed by atoms with E-state index in [-0.39, 0.29) is 24.0 Å². The molecule has 6 nitrogen and oxygen atoms in total. The van der Waals surface area contributed by atoms with Gasteiger partial charge in [0.25, 0.3) is 0 Å². The van der Waals surface area contributed by atoms with Crippen LogP contribution < -0.4 is 10.6 Å². The predicted molar refractivity (Wildman–Crippen MR) is 57.8 cm³/mol. The monoisotopic (exact) mass is 230 g/mol. The molecule has 0 radical (unpaired) electrons. The zero-order valence-corrected chi connectivity index (χ0v) is 9.67. The standard InChI is InChI=1S/C10H18N2O4/c1-8(13)7-10(15)12-4-6-16-5-3-11-9(2)14/h3-7H2,1-2H3,(H,11,14)(H,12,15). The summed E-state index contributed by atoms with van der Waals surface area (Å²) in [6.45, 7) is 4.39. The topological polar surface area (TPSA) is 84.5 Å². The number of carbonyl (C=O) groups is 3. The van der Waals surface area contributed by atoms with Crippen molar-refractivity contribution in [2.45, 2.75) is 20.3 Å². The lowest BCUT2D eigenvalue weighted by atomic mass is 10.3. The summed E-state index contributed by atoms with van der Waals surface area (Å²) in [5.41, 5.74) is 0. The molecule has 0 fully saturated rings. The number of rotatable bonds is 8. The molecule has 2 N–H and O–H groups in total. The largest absolute Gasteiger partial charge is 0.378 e. The predicted octanol–water partition coefficient (Wildman–Crippen LogP) is -0.766. The summed E-state index contributed by atoms with van der Waals surface area (Å²) in [5, 5.41) is 5.12. The Morgan fingerprint density at radius 3 is 2.06 bits per heavy atom. The zero-order valence-electron chi connectivity index (χ0n) is 9.67. The van der Waals surface area contributed by atoms with Gasteiger partial charge in [0.2, 0.25) is 11.8 Å². The highest BCUT2D eigenvalue weighted by Crippen LogP contribution is 1.81. The van der Waals surface area contributed by atoms with Gasteiger partial charge in [0.1, 0.15) is 5.78 Å². The van der Waals surface area contributed by atoms with Crippen molar-refractivity contribution in [1.82, 2.24) is 10.6 Å². The summed E-state index contributed by atoms with van der Waals surface area (Å²) in [7, 11) is 0. The number of ether oxygens (including phenoxy) is 1. The molecule has 0 unspecified atom stereocenters. The quantitative estimate of drug-likeness (QED) is 0.424. The number of ketones is 1. The van der Waals surface area contributed by atoms with Gasteiger partial charge in [0.05, 0.1) is 19.6 Å². The van der Waals surface area contributed by atoms with Crippen molar-refractivity contribution >= 4 is 17.6 Å². The number of nitrogens with one attached hydrogen (secondary N) is 2. The van der Waals surface area contributed by atoms with E-state index in [1.165, 1.54) is 13.8 Å². The van der Waals surface area contributed by atoms with E-state index in [0.29, 0.717) is 26.3 Å². The lowest BCUT2D eigenvalue weighted by Gasteiger charge is -2.05. The second-order valence-electron chi connectivity index (χ2n) is 3.32. The van der Waals surface area contributed by atoms with Crippen molar-refractivity contribution in [3.8, 4) is 0 Å². The maximum atomic E-state index is 11.0. The third-order valence-electron chi connectivity index (χ3n) is 1.60. The van der Waals surface area contributed by atoms with E-state index in [9.17, 15) is 14.4 Å². The van der Waals surface area contributed by atoms with Crippen LogP contribution in [0.3, 0.4) is 0 Å². The Morgan fingerprint density at radius 2 is 1.56 bits per heavy atom. The first-order valence-electron chi connectivity index (χ1n) is 5.10. The Hall–Kier alpha value is -1.43. The van der Waals surface area contributed by atoms with Crippen LogP contribution in [0.2, 0.25) is 0 Å². The van der Waals surface area contributed by atoms with E-state index in [1.54, 1.807) is 0 Å². The molecule has 0 spiro atoms. The maximum Gasteiger partial charge on any atom is 0.227 e. The van der Waals surface area contributed by atoms with Crippen LogP contribution in [-0.4, -0.2) is 43.9 Å². The summed E-state index contributed by atoms with van der Waals surface area (Å²) in [6.07, 6.45) is -0.0914. The molecular formula is C10H18N2O4. The Balaban J connectivity index is 3.24. The summed E-state index contributed by atoms with van der Waals surface area (Å²) < 4.78 is 5.13. The Morgan fingerprint density at radius 1 is 1.00 bits per heavy atom. The SMILES string of the molecule is CC(=O)CC(=O)NCCOCCNC(C)=O. The minimum Gasteiger partial charge on any atom is -0.378 e. The highest BCUT2D eigenvalue weighted by Gasteiger charge is 2.03. The van der Waals surface area contributed by atoms with Gasteiger partial charge in [0, 0.05) is 20.0 Å². The first-order valence-corrected chi connectivity index (χ1v) is 5.10. The van der Waals surface area contributed by atoms with Crippen LogP contribution in [-0.2, 0) is 19.1 Å². The van der Waals surface area contributed by atoms with Crippen LogP contribution in [0.1, 0.15) is 20.3 Å². The molecule has 16 heavy (non-hydrogen) atoms. The fourth-order valence-corrected chi connectivity index (χ4v) is 0.953. The van der Waals surface area contributed by atoms with Gasteiger partial charge in [-0.15, -0.1) is 0 Å². The van der Waals surface area contributed by atoms with E-state index in [1.807, 2.05) is 0 Å². The molecule has 6 heteroatoms. The van der Waals surface area contributed by atoms with Crippen molar-refractivity contribution < 1.29 is 19.1 Å². The third-order valence-corrected chi connectivity index (χ3v) is 1.60. The van der Waals surface area contributed by atoms with Gasteiger partial charge in [-0.25, -0.2) is 0 Å². The van der Waals surface area contributed by atoms with Gasteiger partial charge in [-0.3, -0.25) is 14.4 Å². The normalized spacial score (nSPS) is 9.62. The summed E-state index contributed by atoms with van der Waals surface area (Å²) >= 11 is 0. The van der Waals surface area contributed by atoms with Crippen LogP contribution in [0.4, 0.5) is 0 Å². The molecule has 0 rings (SSSR count). The fourth-order valence-electron chi connectivity index (χ4n) is 0.953. The highest BCUT2D eigenvalue weighted by atomic mass is 16.5. The molecule has 2 amide bonds. The van der Waals surface area contributed by atoms with Crippen LogP contribution in [0, 0.1) is 0 Å². The first-order chi connectivity index (χ1) is 7.52. The number of amides is 2. The number of carbonyl (C=O) groups excluding carboxylic acids is 3. The lowest BCUT2D eigenvalue weighted by Crippen LogP contribution is -2.30. The molecule has 0 aromatic carbocycles. The van der Waals surface area contributed by atoms with Crippen molar-refractivity contribution in [3.63, 3.8) is 0 Å². The van der Waals surface area contributed by atoms with Gasteiger partial charge < -0.3 is 15.4 Å². The average molecular weight is 230 g/mol. The molecule has 0 saturated heterocycles. The molecule has 0 heterocycles. The van der Waals surface area contributed by atoms with Gasteiger partial charge in [0.15, 0.2) is 0 Å². The molecule has 0 aliphatic rings. The maximum absolute atomic E-state index is 11.0. The minimum absolute atomic E-state index is 0.0914.